The van der Waals surface area contributed by atoms with Crippen molar-refractivity contribution in [2.45, 2.75) is 18.7 Å². The number of halogens is 1. The molecule has 3 heterocycles. The predicted molar refractivity (Wildman–Crippen MR) is 113 cm³/mol. The molecule has 0 spiro atoms. The van der Waals surface area contributed by atoms with Crippen LogP contribution in [0.1, 0.15) is 24.1 Å². The van der Waals surface area contributed by atoms with Gasteiger partial charge in [-0.25, -0.2) is 4.99 Å². The Morgan fingerprint density at radius 1 is 1.27 bits per heavy atom. The SMILES string of the molecule is COC(=O)C1C2c3ccccc3OC1(C)N=c1sc(=Cc3ccc(Cl)cc3)c(=O)n12. The molecule has 3 aromatic rings. The Hall–Kier alpha value is -2.90. The number of methoxy groups -OCH3 is 1. The van der Waals surface area contributed by atoms with E-state index in [2.05, 4.69) is 0 Å². The Morgan fingerprint density at radius 3 is 2.73 bits per heavy atom. The van der Waals surface area contributed by atoms with E-state index in [0.717, 1.165) is 11.1 Å². The number of carbonyl (C=O) groups excluding carboxylic acids is 1. The lowest BCUT2D eigenvalue weighted by Gasteiger charge is -2.44. The zero-order valence-corrected chi connectivity index (χ0v) is 17.7. The highest BCUT2D eigenvalue weighted by atomic mass is 35.5. The molecule has 0 aliphatic carbocycles. The summed E-state index contributed by atoms with van der Waals surface area (Å²) in [6.45, 7) is 1.76. The summed E-state index contributed by atoms with van der Waals surface area (Å²) in [6.07, 6.45) is 1.80. The van der Waals surface area contributed by atoms with Crippen LogP contribution in [-0.2, 0) is 9.53 Å². The second kappa shape index (κ2) is 6.82. The van der Waals surface area contributed by atoms with Crippen molar-refractivity contribution in [1.82, 2.24) is 4.57 Å². The number of hydrogen-bond acceptors (Lipinski definition) is 6. The second-order valence-corrected chi connectivity index (χ2v) is 8.82. The standard InChI is InChI=1S/C22H17ClN2O4S/c1-22-17(20(27)28-2)18(14-5-3-4-6-15(14)29-22)25-19(26)16(30-21(25)24-22)11-12-7-9-13(23)10-8-12/h3-11,17-18H,1-2H3. The van der Waals surface area contributed by atoms with Gasteiger partial charge in [-0.15, -0.1) is 0 Å². The van der Waals surface area contributed by atoms with Crippen molar-refractivity contribution in [3.63, 3.8) is 0 Å². The van der Waals surface area contributed by atoms with Crippen LogP contribution in [0.3, 0.4) is 0 Å². The molecule has 0 fully saturated rings. The quantitative estimate of drug-likeness (QED) is 0.574. The lowest BCUT2D eigenvalue weighted by atomic mass is 9.81. The molecule has 2 aliphatic heterocycles. The molecule has 0 amide bonds. The largest absolute Gasteiger partial charge is 0.469 e. The number of thiazole rings is 1. The molecule has 3 unspecified atom stereocenters. The third kappa shape index (κ3) is 2.80. The van der Waals surface area contributed by atoms with E-state index >= 15 is 0 Å². The first-order valence-electron chi connectivity index (χ1n) is 9.35. The van der Waals surface area contributed by atoms with Gasteiger partial charge in [-0.3, -0.25) is 14.2 Å². The van der Waals surface area contributed by atoms with Gasteiger partial charge in [0.05, 0.1) is 17.7 Å². The Balaban J connectivity index is 1.79. The molecule has 1 aromatic heterocycles. The number of para-hydroxylation sites is 1. The minimum atomic E-state index is -1.17. The van der Waals surface area contributed by atoms with Crippen LogP contribution in [0.2, 0.25) is 5.02 Å². The lowest BCUT2D eigenvalue weighted by molar-refractivity contribution is -0.158. The first-order valence-corrected chi connectivity index (χ1v) is 10.5. The Morgan fingerprint density at radius 2 is 2.00 bits per heavy atom. The molecule has 30 heavy (non-hydrogen) atoms. The van der Waals surface area contributed by atoms with Crippen molar-refractivity contribution in [1.29, 1.82) is 0 Å². The summed E-state index contributed by atoms with van der Waals surface area (Å²) in [5.41, 5.74) is 0.248. The van der Waals surface area contributed by atoms with E-state index in [0.29, 0.717) is 20.1 Å². The zero-order valence-electron chi connectivity index (χ0n) is 16.2. The van der Waals surface area contributed by atoms with Gasteiger partial charge in [-0.05, 0) is 36.8 Å². The number of esters is 1. The molecule has 0 saturated heterocycles. The van der Waals surface area contributed by atoms with Crippen molar-refractivity contribution >= 4 is 35.0 Å². The Labute approximate surface area is 180 Å². The number of carbonyl (C=O) groups is 1. The number of hydrogen-bond donors (Lipinski definition) is 0. The van der Waals surface area contributed by atoms with Gasteiger partial charge in [0, 0.05) is 10.6 Å². The van der Waals surface area contributed by atoms with Crippen molar-refractivity contribution in [3.8, 4) is 5.75 Å². The second-order valence-electron chi connectivity index (χ2n) is 7.37. The van der Waals surface area contributed by atoms with Crippen molar-refractivity contribution in [2.24, 2.45) is 10.9 Å². The average Bonchev–Trinajstić information content (AvgIpc) is 3.02. The normalized spacial score (nSPS) is 24.3. The topological polar surface area (TPSA) is 69.9 Å². The molecule has 0 N–H and O–H groups in total. The van der Waals surface area contributed by atoms with Gasteiger partial charge < -0.3 is 9.47 Å². The van der Waals surface area contributed by atoms with Crippen LogP contribution in [0.15, 0.2) is 58.3 Å². The maximum atomic E-state index is 13.4. The van der Waals surface area contributed by atoms with E-state index in [4.69, 9.17) is 26.1 Å². The van der Waals surface area contributed by atoms with E-state index in [1.807, 2.05) is 36.4 Å². The van der Waals surface area contributed by atoms with Crippen LogP contribution in [0.25, 0.3) is 6.08 Å². The zero-order chi connectivity index (χ0) is 21.0. The minimum absolute atomic E-state index is 0.202. The summed E-state index contributed by atoms with van der Waals surface area (Å²) in [4.78, 5) is 31.4. The number of fused-ring (bicyclic) bond motifs is 6. The summed E-state index contributed by atoms with van der Waals surface area (Å²) < 4.78 is 13.3. The molecule has 0 radical (unpaired) electrons. The van der Waals surface area contributed by atoms with Gasteiger partial charge in [-0.1, -0.05) is 53.3 Å². The third-order valence-corrected chi connectivity index (χ3v) is 6.74. The Bertz CT molecular complexity index is 1340. The molecule has 6 nitrogen and oxygen atoms in total. The van der Waals surface area contributed by atoms with Crippen LogP contribution < -0.4 is 19.6 Å². The van der Waals surface area contributed by atoms with Crippen LogP contribution in [0.5, 0.6) is 5.75 Å². The average molecular weight is 441 g/mol. The van der Waals surface area contributed by atoms with E-state index in [-0.39, 0.29) is 5.56 Å². The van der Waals surface area contributed by atoms with E-state index in [1.54, 1.807) is 29.7 Å². The number of ether oxygens (including phenoxy) is 2. The molecule has 152 valence electrons. The molecule has 5 rings (SSSR count). The monoisotopic (exact) mass is 440 g/mol. The van der Waals surface area contributed by atoms with Crippen LogP contribution in [0, 0.1) is 5.92 Å². The number of benzene rings is 2. The van der Waals surface area contributed by atoms with Crippen LogP contribution in [0.4, 0.5) is 0 Å². The highest BCUT2D eigenvalue weighted by molar-refractivity contribution is 7.07. The molecule has 2 aliphatic rings. The molecule has 2 aromatic carbocycles. The van der Waals surface area contributed by atoms with Gasteiger partial charge in [0.25, 0.3) is 5.56 Å². The van der Waals surface area contributed by atoms with Crippen molar-refractivity contribution in [2.75, 3.05) is 7.11 Å². The van der Waals surface area contributed by atoms with E-state index in [1.165, 1.54) is 18.4 Å². The molecule has 3 atom stereocenters. The number of nitrogens with zero attached hydrogens (tertiary/aromatic N) is 2. The maximum absolute atomic E-state index is 13.4. The fourth-order valence-electron chi connectivity index (χ4n) is 4.14. The van der Waals surface area contributed by atoms with E-state index < -0.39 is 23.7 Å². The molecule has 8 heteroatoms. The first-order chi connectivity index (χ1) is 14.4. The van der Waals surface area contributed by atoms with Crippen LogP contribution >= 0.6 is 22.9 Å². The van der Waals surface area contributed by atoms with Crippen LogP contribution in [-0.4, -0.2) is 23.4 Å². The third-order valence-electron chi connectivity index (χ3n) is 5.50. The highest BCUT2D eigenvalue weighted by Gasteiger charge is 2.55. The molecule has 0 saturated carbocycles. The van der Waals surface area contributed by atoms with Gasteiger partial charge >= 0.3 is 5.97 Å². The molecule has 2 bridgehead atoms. The summed E-state index contributed by atoms with van der Waals surface area (Å²) in [7, 11) is 1.33. The first kappa shape index (κ1) is 19.1. The summed E-state index contributed by atoms with van der Waals surface area (Å²) in [5, 5.41) is 0.626. The van der Waals surface area contributed by atoms with Gasteiger partial charge in [0.15, 0.2) is 4.80 Å². The Kier molecular flexibility index (Phi) is 4.34. The summed E-state index contributed by atoms with van der Waals surface area (Å²) in [6, 6.07) is 14.1. The molecular weight excluding hydrogens is 424 g/mol. The number of rotatable bonds is 2. The van der Waals surface area contributed by atoms with Gasteiger partial charge in [0.1, 0.15) is 11.7 Å². The smallest absolute Gasteiger partial charge is 0.317 e. The van der Waals surface area contributed by atoms with Crippen molar-refractivity contribution in [3.05, 3.63) is 84.4 Å². The van der Waals surface area contributed by atoms with Gasteiger partial charge in [0.2, 0.25) is 5.72 Å². The summed E-state index contributed by atoms with van der Waals surface area (Å²) >= 11 is 7.24. The fraction of sp³-hybridized carbons (Fsp3) is 0.227. The molecular formula is C22H17ClN2O4S. The van der Waals surface area contributed by atoms with E-state index in [9.17, 15) is 9.59 Å². The highest BCUT2D eigenvalue weighted by Crippen LogP contribution is 2.47. The lowest BCUT2D eigenvalue weighted by Crippen LogP contribution is -2.58. The van der Waals surface area contributed by atoms with Crippen molar-refractivity contribution < 1.29 is 14.3 Å². The fourth-order valence-corrected chi connectivity index (χ4v) is 5.37. The maximum Gasteiger partial charge on any atom is 0.317 e. The summed E-state index contributed by atoms with van der Waals surface area (Å²) in [5.74, 6) is -0.630. The predicted octanol–water partition coefficient (Wildman–Crippen LogP) is 2.51. The van der Waals surface area contributed by atoms with Gasteiger partial charge in [-0.2, -0.15) is 0 Å². The minimum Gasteiger partial charge on any atom is -0.469 e. The number of aromatic nitrogens is 1.